The molecule has 0 bridgehead atoms. The summed E-state index contributed by atoms with van der Waals surface area (Å²) in [6, 6.07) is 9.91. The largest absolute Gasteiger partial charge is 0.488 e. The number of anilines is 1. The Morgan fingerprint density at radius 1 is 1.21 bits per heavy atom. The van der Waals surface area contributed by atoms with Crippen molar-refractivity contribution in [3.63, 3.8) is 0 Å². The van der Waals surface area contributed by atoms with Crippen molar-refractivity contribution in [3.8, 4) is 22.6 Å². The summed E-state index contributed by atoms with van der Waals surface area (Å²) in [5, 5.41) is 12.6. The molecule has 4 heteroatoms. The number of rotatable bonds is 2. The second-order valence-corrected chi connectivity index (χ2v) is 6.91. The summed E-state index contributed by atoms with van der Waals surface area (Å²) in [6.45, 7) is 6.71. The fourth-order valence-corrected chi connectivity index (χ4v) is 3.76. The van der Waals surface area contributed by atoms with Gasteiger partial charge >= 0.3 is 0 Å². The van der Waals surface area contributed by atoms with Gasteiger partial charge in [0.15, 0.2) is 6.79 Å². The van der Waals surface area contributed by atoms with Crippen LogP contribution in [0.5, 0.6) is 11.5 Å². The SMILES string of the molecule is CC1=CC(C)(C)Nc2ccc3c(c21)COc1ccc(OCO)cc1-3. The van der Waals surface area contributed by atoms with E-state index in [-0.39, 0.29) is 12.3 Å². The maximum absolute atomic E-state index is 8.99. The molecule has 0 atom stereocenters. The molecule has 0 aromatic heterocycles. The average molecular weight is 323 g/mol. The smallest absolute Gasteiger partial charge is 0.186 e. The number of hydrogen-bond acceptors (Lipinski definition) is 4. The van der Waals surface area contributed by atoms with Gasteiger partial charge in [-0.15, -0.1) is 0 Å². The number of fused-ring (bicyclic) bond motifs is 5. The van der Waals surface area contributed by atoms with Gasteiger partial charge in [-0.25, -0.2) is 0 Å². The van der Waals surface area contributed by atoms with Gasteiger partial charge in [0.05, 0.1) is 5.54 Å². The van der Waals surface area contributed by atoms with Gasteiger partial charge in [0, 0.05) is 22.4 Å². The van der Waals surface area contributed by atoms with Gasteiger partial charge in [0.2, 0.25) is 0 Å². The Hall–Kier alpha value is -2.46. The molecule has 2 aromatic rings. The minimum Gasteiger partial charge on any atom is -0.488 e. The zero-order chi connectivity index (χ0) is 16.9. The van der Waals surface area contributed by atoms with E-state index in [1.165, 1.54) is 16.7 Å². The molecule has 2 aromatic carbocycles. The zero-order valence-corrected chi connectivity index (χ0v) is 14.1. The molecule has 24 heavy (non-hydrogen) atoms. The van der Waals surface area contributed by atoms with Crippen LogP contribution in [0.4, 0.5) is 5.69 Å². The first-order valence-corrected chi connectivity index (χ1v) is 8.13. The molecule has 0 amide bonds. The highest BCUT2D eigenvalue weighted by molar-refractivity contribution is 5.89. The quantitative estimate of drug-likeness (QED) is 0.814. The van der Waals surface area contributed by atoms with Crippen LogP contribution in [-0.2, 0) is 6.61 Å². The lowest BCUT2D eigenvalue weighted by atomic mass is 9.84. The predicted molar refractivity (Wildman–Crippen MR) is 95.3 cm³/mol. The van der Waals surface area contributed by atoms with E-state index in [0.29, 0.717) is 12.4 Å². The number of nitrogens with one attached hydrogen (secondary N) is 1. The van der Waals surface area contributed by atoms with Crippen LogP contribution < -0.4 is 14.8 Å². The van der Waals surface area contributed by atoms with Gasteiger partial charge in [0.25, 0.3) is 0 Å². The first-order valence-electron chi connectivity index (χ1n) is 8.13. The molecule has 0 aliphatic carbocycles. The number of allylic oxidation sites excluding steroid dienone is 1. The minimum absolute atomic E-state index is 0.0547. The van der Waals surface area contributed by atoms with E-state index in [0.717, 1.165) is 22.6 Å². The monoisotopic (exact) mass is 323 g/mol. The van der Waals surface area contributed by atoms with Crippen LogP contribution in [0.2, 0.25) is 0 Å². The third kappa shape index (κ3) is 2.34. The van der Waals surface area contributed by atoms with E-state index in [1.807, 2.05) is 18.2 Å². The van der Waals surface area contributed by atoms with Gasteiger partial charge in [-0.1, -0.05) is 12.1 Å². The Balaban J connectivity index is 1.89. The lowest BCUT2D eigenvalue weighted by Gasteiger charge is -2.34. The summed E-state index contributed by atoms with van der Waals surface area (Å²) in [5.74, 6) is 1.48. The molecule has 2 N–H and O–H groups in total. The molecule has 0 spiro atoms. The van der Waals surface area contributed by atoms with Crippen LogP contribution in [-0.4, -0.2) is 17.4 Å². The van der Waals surface area contributed by atoms with Crippen molar-refractivity contribution in [2.75, 3.05) is 12.1 Å². The van der Waals surface area contributed by atoms with Crippen LogP contribution in [0, 0.1) is 0 Å². The van der Waals surface area contributed by atoms with E-state index in [2.05, 4.69) is 44.3 Å². The van der Waals surface area contributed by atoms with Crippen LogP contribution in [0.3, 0.4) is 0 Å². The second kappa shape index (κ2) is 5.28. The van der Waals surface area contributed by atoms with Crippen LogP contribution in [0.1, 0.15) is 31.9 Å². The molecule has 2 aliphatic heterocycles. The molecule has 0 unspecified atom stereocenters. The summed E-state index contributed by atoms with van der Waals surface area (Å²) in [7, 11) is 0. The third-order valence-electron chi connectivity index (χ3n) is 4.59. The summed E-state index contributed by atoms with van der Waals surface area (Å²) < 4.78 is 11.2. The fraction of sp³-hybridized carbons (Fsp3) is 0.300. The molecule has 0 fully saturated rings. The van der Waals surface area contributed by atoms with E-state index in [9.17, 15) is 0 Å². The van der Waals surface area contributed by atoms with Crippen LogP contribution in [0.15, 0.2) is 36.4 Å². The molecule has 2 aliphatic rings. The molecule has 4 nitrogen and oxygen atoms in total. The van der Waals surface area contributed by atoms with Crippen molar-refractivity contribution < 1.29 is 14.6 Å². The molecule has 0 saturated heterocycles. The molecule has 0 radical (unpaired) electrons. The second-order valence-electron chi connectivity index (χ2n) is 6.91. The Labute approximate surface area is 141 Å². The van der Waals surface area contributed by atoms with Gasteiger partial charge in [-0.2, -0.15) is 0 Å². The van der Waals surface area contributed by atoms with Crippen molar-refractivity contribution in [2.24, 2.45) is 0 Å². The third-order valence-corrected chi connectivity index (χ3v) is 4.59. The average Bonchev–Trinajstić information content (AvgIpc) is 2.53. The lowest BCUT2D eigenvalue weighted by molar-refractivity contribution is 0.0985. The van der Waals surface area contributed by atoms with E-state index in [4.69, 9.17) is 14.6 Å². The molecule has 0 saturated carbocycles. The van der Waals surface area contributed by atoms with Gasteiger partial charge < -0.3 is 19.9 Å². The van der Waals surface area contributed by atoms with Crippen LogP contribution >= 0.6 is 0 Å². The standard InChI is InChI=1S/C20H21NO3/c1-12-9-20(2,3)21-17-6-5-14-15-8-13(24-11-22)4-7-18(15)23-10-16(14)19(12)17/h4-9,21-22H,10-11H2,1-3H3. The van der Waals surface area contributed by atoms with Gasteiger partial charge in [-0.3, -0.25) is 0 Å². The zero-order valence-electron chi connectivity index (χ0n) is 14.1. The number of benzene rings is 2. The first-order chi connectivity index (χ1) is 11.5. The van der Waals surface area contributed by atoms with Gasteiger partial charge in [-0.05, 0) is 56.2 Å². The van der Waals surface area contributed by atoms with Crippen molar-refractivity contribution in [1.29, 1.82) is 0 Å². The number of aliphatic hydroxyl groups is 1. The molecular formula is C20H21NO3. The molecule has 124 valence electrons. The summed E-state index contributed by atoms with van der Waals surface area (Å²) in [4.78, 5) is 0. The molecule has 2 heterocycles. The van der Waals surface area contributed by atoms with E-state index in [1.54, 1.807) is 0 Å². The number of hydrogen-bond donors (Lipinski definition) is 2. The Morgan fingerprint density at radius 3 is 2.83 bits per heavy atom. The molecule has 4 rings (SSSR count). The normalized spacial score (nSPS) is 16.8. The first kappa shape index (κ1) is 15.1. The summed E-state index contributed by atoms with van der Waals surface area (Å²) in [5.41, 5.74) is 6.94. The highest BCUT2D eigenvalue weighted by Gasteiger charge is 2.28. The highest BCUT2D eigenvalue weighted by atomic mass is 16.6. The fourth-order valence-electron chi connectivity index (χ4n) is 3.76. The maximum Gasteiger partial charge on any atom is 0.186 e. The predicted octanol–water partition coefficient (Wildman–Crippen LogP) is 4.18. The summed E-state index contributed by atoms with van der Waals surface area (Å²) in [6.07, 6.45) is 2.26. The molecular weight excluding hydrogens is 302 g/mol. The van der Waals surface area contributed by atoms with Crippen molar-refractivity contribution in [2.45, 2.75) is 32.9 Å². The van der Waals surface area contributed by atoms with E-state index < -0.39 is 0 Å². The van der Waals surface area contributed by atoms with Crippen molar-refractivity contribution in [1.82, 2.24) is 0 Å². The lowest BCUT2D eigenvalue weighted by Crippen LogP contribution is -2.32. The van der Waals surface area contributed by atoms with Gasteiger partial charge in [0.1, 0.15) is 18.1 Å². The Kier molecular flexibility index (Phi) is 3.32. The number of aliphatic hydroxyl groups excluding tert-OH is 1. The summed E-state index contributed by atoms with van der Waals surface area (Å²) >= 11 is 0. The Morgan fingerprint density at radius 2 is 2.04 bits per heavy atom. The van der Waals surface area contributed by atoms with Crippen molar-refractivity contribution >= 4 is 11.3 Å². The highest BCUT2D eigenvalue weighted by Crippen LogP contribution is 2.46. The van der Waals surface area contributed by atoms with E-state index >= 15 is 0 Å². The maximum atomic E-state index is 8.99. The van der Waals surface area contributed by atoms with Crippen LogP contribution in [0.25, 0.3) is 16.7 Å². The number of ether oxygens (including phenoxy) is 2. The van der Waals surface area contributed by atoms with Crippen molar-refractivity contribution in [3.05, 3.63) is 47.5 Å². The minimum atomic E-state index is -0.336. The Bertz CT molecular complexity index is 852. The topological polar surface area (TPSA) is 50.7 Å².